The van der Waals surface area contributed by atoms with Crippen LogP contribution in [0.4, 0.5) is 11.6 Å². The predicted octanol–water partition coefficient (Wildman–Crippen LogP) is 5.99. The van der Waals surface area contributed by atoms with Crippen molar-refractivity contribution in [3.05, 3.63) is 88.7 Å². The van der Waals surface area contributed by atoms with Crippen LogP contribution in [0, 0.1) is 22.7 Å². The molecule has 0 spiro atoms. The van der Waals surface area contributed by atoms with Crippen LogP contribution in [-0.4, -0.2) is 123 Å². The summed E-state index contributed by atoms with van der Waals surface area (Å²) in [5.41, 5.74) is 3.58. The van der Waals surface area contributed by atoms with Gasteiger partial charge in [-0.1, -0.05) is 36.4 Å². The molecule has 352 valence electrons. The van der Waals surface area contributed by atoms with Crippen molar-refractivity contribution in [2.75, 3.05) is 62.0 Å². The molecule has 2 saturated heterocycles. The minimum atomic E-state index is -3.55. The first kappa shape index (κ1) is 47.5. The molecular weight excluding hydrogens is 920 g/mol. The summed E-state index contributed by atoms with van der Waals surface area (Å²) in [4.78, 5) is 25.3. The van der Waals surface area contributed by atoms with Crippen LogP contribution in [0.1, 0.15) is 64.1 Å². The normalized spacial score (nSPS) is 20.2. The van der Waals surface area contributed by atoms with Gasteiger partial charge in [-0.3, -0.25) is 4.57 Å². The Hall–Kier alpha value is -6.03. The average Bonchev–Trinajstić information content (AvgIpc) is 3.89. The average molecular weight is 972 g/mol. The Morgan fingerprint density at radius 1 is 0.687 bits per heavy atom. The monoisotopic (exact) mass is 970 g/mol. The van der Waals surface area contributed by atoms with Gasteiger partial charge in [0, 0.05) is 41.2 Å². The first-order valence-electron chi connectivity index (χ1n) is 21.5. The third kappa shape index (κ3) is 8.61. The Morgan fingerprint density at radius 2 is 1.19 bits per heavy atom. The molecule has 10 rings (SSSR count). The molecule has 4 aliphatic heterocycles. The van der Waals surface area contributed by atoms with Crippen LogP contribution in [0.25, 0.3) is 27.8 Å². The number of anilines is 2. The fourth-order valence-corrected chi connectivity index (χ4v) is 9.64. The summed E-state index contributed by atoms with van der Waals surface area (Å²) in [7, 11) is -6.97. The van der Waals surface area contributed by atoms with Gasteiger partial charge in [0.1, 0.15) is 46.2 Å². The van der Waals surface area contributed by atoms with Crippen LogP contribution < -0.4 is 19.3 Å². The van der Waals surface area contributed by atoms with Crippen LogP contribution in [0.5, 0.6) is 11.5 Å². The Balaban J connectivity index is 0.000000154. The zero-order valence-electron chi connectivity index (χ0n) is 38.3. The molecule has 18 nitrogen and oxygen atoms in total. The van der Waals surface area contributed by atoms with E-state index in [1.54, 1.807) is 44.7 Å². The highest BCUT2D eigenvalue weighted by Gasteiger charge is 2.45. The van der Waals surface area contributed by atoms with E-state index in [1.807, 2.05) is 62.4 Å². The van der Waals surface area contributed by atoms with Gasteiger partial charge in [0.15, 0.2) is 42.8 Å². The van der Waals surface area contributed by atoms with Crippen molar-refractivity contribution >= 4 is 64.7 Å². The van der Waals surface area contributed by atoms with Gasteiger partial charge in [-0.25, -0.2) is 26.8 Å². The Labute approximate surface area is 394 Å². The molecule has 0 radical (unpaired) electrons. The number of benzene rings is 2. The number of aromatic amines is 1. The fraction of sp³-hybridized carbons (Fsp3) is 0.435. The Morgan fingerprint density at radius 3 is 1.75 bits per heavy atom. The zero-order chi connectivity index (χ0) is 48.2. The molecule has 21 heteroatoms. The molecule has 0 unspecified atom stereocenters. The first-order chi connectivity index (χ1) is 31.7. The Bertz CT molecular complexity index is 3200. The number of nitrogens with zero attached hydrogens (tertiary/aromatic N) is 9. The van der Waals surface area contributed by atoms with Gasteiger partial charge in [0.2, 0.25) is 11.2 Å². The van der Waals surface area contributed by atoms with E-state index in [1.165, 1.54) is 12.5 Å². The summed E-state index contributed by atoms with van der Waals surface area (Å²) >= 11 is 6.09. The number of nitriles is 2. The zero-order valence-corrected chi connectivity index (χ0v) is 40.7. The molecule has 0 aliphatic carbocycles. The summed E-state index contributed by atoms with van der Waals surface area (Å²) in [5.74, 6) is 2.17. The highest BCUT2D eigenvalue weighted by atomic mass is 35.5. The van der Waals surface area contributed by atoms with Crippen LogP contribution in [0.3, 0.4) is 0 Å². The van der Waals surface area contributed by atoms with E-state index < -0.39 is 29.2 Å². The quantitative estimate of drug-likeness (QED) is 0.195. The fourth-order valence-electron chi connectivity index (χ4n) is 8.50. The molecule has 8 heterocycles. The van der Waals surface area contributed by atoms with Crippen molar-refractivity contribution < 1.29 is 35.8 Å². The topological polar surface area (TPSA) is 232 Å². The maximum atomic E-state index is 12.8. The SMILES string of the molecule is C[C@@H]1COC[C@H]2COc3c(nc(-n4cc(C#N)c5ccccc54)nc3C(C)(C)S(C)(=O)=O)N21.C[C@@H]1COC[C@H]2COc3c(nc(Cl)nc3C(C)(C)S(C)(=O)=O)N21.N#Cc1c[nH]c2ccccc12. The van der Waals surface area contributed by atoms with E-state index >= 15 is 0 Å². The second kappa shape index (κ2) is 17.9. The first-order valence-corrected chi connectivity index (χ1v) is 25.7. The van der Waals surface area contributed by atoms with Gasteiger partial charge in [-0.15, -0.1) is 0 Å². The van der Waals surface area contributed by atoms with Crippen molar-refractivity contribution in [2.24, 2.45) is 0 Å². The summed E-state index contributed by atoms with van der Waals surface area (Å²) in [6.07, 6.45) is 5.79. The number of fused-ring (bicyclic) bond motifs is 8. The van der Waals surface area contributed by atoms with E-state index in [9.17, 15) is 22.1 Å². The van der Waals surface area contributed by atoms with Gasteiger partial charge < -0.3 is 33.7 Å². The van der Waals surface area contributed by atoms with Gasteiger partial charge in [0.25, 0.3) is 0 Å². The second-order valence-electron chi connectivity index (χ2n) is 18.0. The number of para-hydroxylation sites is 2. The smallest absolute Gasteiger partial charge is 0.236 e. The summed E-state index contributed by atoms with van der Waals surface area (Å²) in [5, 5.41) is 20.1. The molecular formula is C46H51ClN10O8S2. The number of H-pyrrole nitrogens is 1. The van der Waals surface area contributed by atoms with Crippen molar-refractivity contribution in [3.63, 3.8) is 0 Å². The number of nitrogens with one attached hydrogen (secondary N) is 1. The molecule has 0 bridgehead atoms. The van der Waals surface area contributed by atoms with E-state index in [0.29, 0.717) is 91.2 Å². The maximum Gasteiger partial charge on any atom is 0.236 e. The number of hydrogen-bond donors (Lipinski definition) is 1. The van der Waals surface area contributed by atoms with Gasteiger partial charge in [0.05, 0.1) is 67.2 Å². The third-order valence-corrected chi connectivity index (χ3v) is 17.1. The number of morpholine rings is 2. The van der Waals surface area contributed by atoms with Crippen LogP contribution in [0.15, 0.2) is 60.9 Å². The summed E-state index contributed by atoms with van der Waals surface area (Å²) < 4.78 is 72.4. The molecule has 1 N–H and O–H groups in total. The Kier molecular flexibility index (Phi) is 12.7. The molecule has 2 aromatic carbocycles. The largest absolute Gasteiger partial charge is 0.486 e. The van der Waals surface area contributed by atoms with Crippen LogP contribution in [0.2, 0.25) is 5.28 Å². The number of aromatic nitrogens is 6. The van der Waals surface area contributed by atoms with Crippen molar-refractivity contribution in [3.8, 4) is 29.6 Å². The number of rotatable bonds is 5. The minimum Gasteiger partial charge on any atom is -0.486 e. The van der Waals surface area contributed by atoms with Crippen molar-refractivity contribution in [2.45, 2.75) is 75.2 Å². The number of ether oxygens (including phenoxy) is 4. The number of hydrogen-bond acceptors (Lipinski definition) is 16. The van der Waals surface area contributed by atoms with E-state index in [2.05, 4.69) is 36.9 Å². The number of halogens is 1. The highest BCUT2D eigenvalue weighted by Crippen LogP contribution is 2.46. The maximum absolute atomic E-state index is 12.8. The van der Waals surface area contributed by atoms with Gasteiger partial charge >= 0.3 is 0 Å². The number of sulfone groups is 2. The molecule has 0 saturated carbocycles. The highest BCUT2D eigenvalue weighted by molar-refractivity contribution is 7.91. The lowest BCUT2D eigenvalue weighted by atomic mass is 10.0. The molecule has 67 heavy (non-hydrogen) atoms. The molecule has 4 aromatic heterocycles. The molecule has 4 atom stereocenters. The second-order valence-corrected chi connectivity index (χ2v) is 23.5. The molecule has 4 aliphatic rings. The van der Waals surface area contributed by atoms with Crippen LogP contribution >= 0.6 is 11.6 Å². The molecule has 0 amide bonds. The standard InChI is InChI=1S/C23H25N5O4S.C14H20ClN3O4S.C9H6N2/c1-14-11-31-12-16-13-32-19-20(23(2,3)33(4,29)30)25-22(26-21(19)28(14)16)27-10-15(9-24)17-7-5-6-8-18(17)27;1-8-5-21-6-9-7-22-10-11(14(2,3)23(4,19)20)16-13(15)17-12(10)18(8)9;10-5-7-6-11-9-4-2-1-3-8(7)9/h5-8,10,14,16H,11-13H2,1-4H3;8-9H,5-7H2,1-4H3;1-4,6,11H/t14-,16+;8-,9+;/m11./s1. The van der Waals surface area contributed by atoms with E-state index in [4.69, 9.17) is 45.8 Å². The van der Waals surface area contributed by atoms with Crippen LogP contribution in [-0.2, 0) is 38.6 Å². The van der Waals surface area contributed by atoms with Crippen molar-refractivity contribution in [1.29, 1.82) is 10.5 Å². The van der Waals surface area contributed by atoms with Crippen molar-refractivity contribution in [1.82, 2.24) is 29.5 Å². The van der Waals surface area contributed by atoms with E-state index in [-0.39, 0.29) is 29.5 Å². The third-order valence-electron chi connectivity index (χ3n) is 12.8. The van der Waals surface area contributed by atoms with Gasteiger partial charge in [-0.2, -0.15) is 20.5 Å². The van der Waals surface area contributed by atoms with E-state index in [0.717, 1.165) is 21.8 Å². The lowest BCUT2D eigenvalue weighted by Gasteiger charge is -2.45. The summed E-state index contributed by atoms with van der Waals surface area (Å²) in [6.45, 7) is 13.4. The molecule has 2 fully saturated rings. The lowest BCUT2D eigenvalue weighted by molar-refractivity contribution is 0.0481. The minimum absolute atomic E-state index is 0.0124. The summed E-state index contributed by atoms with van der Waals surface area (Å²) in [6, 6.07) is 19.7. The van der Waals surface area contributed by atoms with Gasteiger partial charge in [-0.05, 0) is 65.3 Å². The predicted molar refractivity (Wildman–Crippen MR) is 253 cm³/mol. The molecule has 6 aromatic rings. The lowest BCUT2D eigenvalue weighted by Crippen LogP contribution is -2.56.